The zero-order valence-electron chi connectivity index (χ0n) is 16.2. The summed E-state index contributed by atoms with van der Waals surface area (Å²) in [5.41, 5.74) is -0.188. The van der Waals surface area contributed by atoms with Gasteiger partial charge in [-0.25, -0.2) is 0 Å². The third-order valence-corrected chi connectivity index (χ3v) is 10.1. The highest BCUT2D eigenvalue weighted by Gasteiger charge is 2.63. The van der Waals surface area contributed by atoms with E-state index < -0.39 is 0 Å². The van der Waals surface area contributed by atoms with Crippen LogP contribution in [0.3, 0.4) is 0 Å². The molecule has 7 rings (SSSR count). The Kier molecular flexibility index (Phi) is 3.21. The van der Waals surface area contributed by atoms with Crippen molar-refractivity contribution < 1.29 is 14.3 Å². The van der Waals surface area contributed by atoms with E-state index in [2.05, 4.69) is 12.2 Å². The van der Waals surface area contributed by atoms with Crippen LogP contribution < -0.4 is 0 Å². The molecule has 0 amide bonds. The van der Waals surface area contributed by atoms with Crippen molar-refractivity contribution in [2.45, 2.75) is 82.0 Å². The zero-order chi connectivity index (χ0) is 17.8. The molecule has 3 nitrogen and oxygen atoms in total. The summed E-state index contributed by atoms with van der Waals surface area (Å²) in [4.78, 5) is 13.5. The normalized spacial score (nSPS) is 55.6. The third-order valence-electron chi connectivity index (χ3n) is 10.1. The van der Waals surface area contributed by atoms with Crippen molar-refractivity contribution in [2.24, 2.45) is 47.3 Å². The lowest BCUT2D eigenvalue weighted by atomic mass is 9.69. The maximum Gasteiger partial charge on any atom is 0.309 e. The summed E-state index contributed by atoms with van der Waals surface area (Å²) < 4.78 is 12.7. The lowest BCUT2D eigenvalue weighted by molar-refractivity contribution is -0.176. The van der Waals surface area contributed by atoms with Gasteiger partial charge in [0, 0.05) is 5.92 Å². The molecule has 10 unspecified atom stereocenters. The van der Waals surface area contributed by atoms with Crippen LogP contribution in [0.25, 0.3) is 0 Å². The van der Waals surface area contributed by atoms with Gasteiger partial charge in [-0.3, -0.25) is 4.79 Å². The van der Waals surface area contributed by atoms with Crippen LogP contribution in [0.15, 0.2) is 12.2 Å². The van der Waals surface area contributed by atoms with Gasteiger partial charge in [-0.1, -0.05) is 12.2 Å². The Morgan fingerprint density at radius 3 is 2.52 bits per heavy atom. The number of hydrogen-bond acceptors (Lipinski definition) is 3. The average molecular weight is 369 g/mol. The second kappa shape index (κ2) is 5.40. The van der Waals surface area contributed by atoms with Crippen LogP contribution in [-0.2, 0) is 14.3 Å². The average Bonchev–Trinajstić information content (AvgIpc) is 3.51. The van der Waals surface area contributed by atoms with Crippen LogP contribution in [0.2, 0.25) is 0 Å². The monoisotopic (exact) mass is 368 g/mol. The van der Waals surface area contributed by atoms with Crippen molar-refractivity contribution in [3.05, 3.63) is 12.2 Å². The molecule has 0 radical (unpaired) electrons. The fourth-order valence-electron chi connectivity index (χ4n) is 9.28. The molecule has 27 heavy (non-hydrogen) atoms. The maximum absolute atomic E-state index is 13.5. The molecular weight excluding hydrogens is 336 g/mol. The number of ether oxygens (including phenoxy) is 2. The van der Waals surface area contributed by atoms with Crippen LogP contribution in [0.1, 0.15) is 64.2 Å². The van der Waals surface area contributed by atoms with Gasteiger partial charge in [-0.15, -0.1) is 0 Å². The molecule has 0 aromatic heterocycles. The van der Waals surface area contributed by atoms with Gasteiger partial charge >= 0.3 is 5.97 Å². The summed E-state index contributed by atoms with van der Waals surface area (Å²) >= 11 is 0. The molecule has 0 aromatic rings. The Hall–Kier alpha value is -0.830. The summed E-state index contributed by atoms with van der Waals surface area (Å²) in [5, 5.41) is 0. The number of carbonyl (C=O) groups is 1. The first-order valence-electron chi connectivity index (χ1n) is 11.8. The summed E-state index contributed by atoms with van der Waals surface area (Å²) in [6.07, 6.45) is 17.7. The Morgan fingerprint density at radius 2 is 1.78 bits per heavy atom. The fraction of sp³-hybridized carbons (Fsp3) is 0.875. The summed E-state index contributed by atoms with van der Waals surface area (Å²) in [5.74, 6) is 5.54. The van der Waals surface area contributed by atoms with Gasteiger partial charge < -0.3 is 9.47 Å². The molecule has 0 aromatic carbocycles. The van der Waals surface area contributed by atoms with E-state index in [1.165, 1.54) is 38.5 Å². The molecule has 2 saturated heterocycles. The van der Waals surface area contributed by atoms with E-state index in [0.717, 1.165) is 55.3 Å². The van der Waals surface area contributed by atoms with Gasteiger partial charge in [0.1, 0.15) is 5.60 Å². The minimum Gasteiger partial charge on any atom is -0.458 e. The SMILES string of the molecule is O=C(OC1(C2CC3CCC2O3)CCCC1)C1CC2CC1C1C3C=CC(C3)C21. The van der Waals surface area contributed by atoms with Crippen LogP contribution in [0.4, 0.5) is 0 Å². The molecule has 4 saturated carbocycles. The lowest BCUT2D eigenvalue weighted by Crippen LogP contribution is -2.47. The lowest BCUT2D eigenvalue weighted by Gasteiger charge is -2.41. The van der Waals surface area contributed by atoms with Gasteiger partial charge in [-0.05, 0) is 99.7 Å². The number of rotatable bonds is 3. The van der Waals surface area contributed by atoms with Gasteiger partial charge in [0.05, 0.1) is 18.1 Å². The largest absolute Gasteiger partial charge is 0.458 e. The predicted octanol–water partition coefficient (Wildman–Crippen LogP) is 4.50. The molecule has 10 atom stereocenters. The summed E-state index contributed by atoms with van der Waals surface area (Å²) in [6, 6.07) is 0. The second-order valence-corrected chi connectivity index (χ2v) is 11.0. The Morgan fingerprint density at radius 1 is 0.963 bits per heavy atom. The van der Waals surface area contributed by atoms with Crippen molar-refractivity contribution in [1.29, 1.82) is 0 Å². The summed E-state index contributed by atoms with van der Waals surface area (Å²) in [6.45, 7) is 0. The number of carbonyl (C=O) groups excluding carboxylic acids is 1. The summed E-state index contributed by atoms with van der Waals surface area (Å²) in [7, 11) is 0. The van der Waals surface area contributed by atoms with E-state index in [1.54, 1.807) is 0 Å². The molecule has 6 bridgehead atoms. The van der Waals surface area contributed by atoms with E-state index in [9.17, 15) is 4.79 Å². The third kappa shape index (κ3) is 2.05. The van der Waals surface area contributed by atoms with Crippen molar-refractivity contribution in [3.8, 4) is 0 Å². The molecule has 146 valence electrons. The zero-order valence-corrected chi connectivity index (χ0v) is 16.2. The van der Waals surface area contributed by atoms with E-state index in [4.69, 9.17) is 9.47 Å². The first-order valence-corrected chi connectivity index (χ1v) is 11.8. The Bertz CT molecular complexity index is 692. The van der Waals surface area contributed by atoms with Crippen LogP contribution >= 0.6 is 0 Å². The minimum atomic E-state index is -0.188. The van der Waals surface area contributed by atoms with E-state index >= 15 is 0 Å². The van der Waals surface area contributed by atoms with Crippen molar-refractivity contribution in [3.63, 3.8) is 0 Å². The molecule has 5 aliphatic carbocycles. The molecule has 6 fully saturated rings. The smallest absolute Gasteiger partial charge is 0.309 e. The molecular formula is C24H32O3. The highest BCUT2D eigenvalue weighted by molar-refractivity contribution is 5.74. The van der Waals surface area contributed by atoms with Crippen molar-refractivity contribution in [2.75, 3.05) is 0 Å². The quantitative estimate of drug-likeness (QED) is 0.418. The molecule has 2 aliphatic heterocycles. The number of esters is 1. The van der Waals surface area contributed by atoms with Gasteiger partial charge in [0.2, 0.25) is 0 Å². The number of hydrogen-bond donors (Lipinski definition) is 0. The van der Waals surface area contributed by atoms with Crippen molar-refractivity contribution in [1.82, 2.24) is 0 Å². The fourth-order valence-corrected chi connectivity index (χ4v) is 9.28. The topological polar surface area (TPSA) is 35.5 Å². The molecule has 0 N–H and O–H groups in total. The second-order valence-electron chi connectivity index (χ2n) is 11.0. The van der Waals surface area contributed by atoms with E-state index in [0.29, 0.717) is 24.0 Å². The first kappa shape index (κ1) is 16.0. The van der Waals surface area contributed by atoms with Gasteiger partial charge in [-0.2, -0.15) is 0 Å². The predicted molar refractivity (Wildman–Crippen MR) is 101 cm³/mol. The number of fused-ring (bicyclic) bond motifs is 11. The molecule has 7 aliphatic rings. The van der Waals surface area contributed by atoms with E-state index in [-0.39, 0.29) is 17.5 Å². The minimum absolute atomic E-state index is 0.178. The molecule has 0 spiro atoms. The first-order chi connectivity index (χ1) is 13.2. The van der Waals surface area contributed by atoms with Gasteiger partial charge in [0.15, 0.2) is 0 Å². The van der Waals surface area contributed by atoms with Gasteiger partial charge in [0.25, 0.3) is 0 Å². The Labute approximate surface area is 162 Å². The molecule has 3 heteroatoms. The van der Waals surface area contributed by atoms with E-state index in [1.807, 2.05) is 0 Å². The van der Waals surface area contributed by atoms with Crippen LogP contribution in [0.5, 0.6) is 0 Å². The van der Waals surface area contributed by atoms with Crippen molar-refractivity contribution >= 4 is 5.97 Å². The highest BCUT2D eigenvalue weighted by atomic mass is 16.6. The maximum atomic E-state index is 13.5. The number of allylic oxidation sites excluding steroid dienone is 2. The van der Waals surface area contributed by atoms with Crippen LogP contribution in [-0.4, -0.2) is 23.8 Å². The van der Waals surface area contributed by atoms with Crippen LogP contribution in [0, 0.1) is 47.3 Å². The standard InChI is InChI=1S/C24H32O3/c25-23(18-11-15-10-17(18)22-14-4-3-13(9-14)21(15)22)27-24(7-1-2-8-24)19-12-16-5-6-20(19)26-16/h3-4,13-22H,1-2,5-12H2. The Balaban J connectivity index is 1.12. The molecule has 2 heterocycles. The highest BCUT2D eigenvalue weighted by Crippen LogP contribution is 2.67.